The maximum absolute atomic E-state index is 12.7. The number of esters is 1. The second-order valence-electron chi connectivity index (χ2n) is 14.7. The van der Waals surface area contributed by atoms with E-state index in [4.69, 9.17) is 15.2 Å². The van der Waals surface area contributed by atoms with Crippen LogP contribution < -0.4 is 5.73 Å². The first kappa shape index (κ1) is 47.3. The van der Waals surface area contributed by atoms with Gasteiger partial charge in [-0.15, -0.1) is 0 Å². The van der Waals surface area contributed by atoms with Crippen LogP contribution in [-0.4, -0.2) is 61.2 Å². The lowest BCUT2D eigenvalue weighted by atomic mass is 10.0. The minimum Gasteiger partial charge on any atom is -0.462 e. The molecule has 0 aromatic heterocycles. The zero-order chi connectivity index (χ0) is 35.2. The predicted molar refractivity (Wildman–Crippen MR) is 207 cm³/mol. The van der Waals surface area contributed by atoms with Crippen molar-refractivity contribution >= 4 is 5.97 Å². The minimum absolute atomic E-state index is 0.0167. The number of aliphatic hydroxyl groups excluding tert-OH is 1. The average Bonchev–Trinajstić information content (AvgIpc) is 3.08. The summed E-state index contributed by atoms with van der Waals surface area (Å²) in [6, 6.07) is 0. The molecule has 6 nitrogen and oxygen atoms in total. The highest BCUT2D eigenvalue weighted by Gasteiger charge is 2.14. The van der Waals surface area contributed by atoms with Crippen molar-refractivity contribution in [2.75, 3.05) is 32.8 Å². The molecule has 6 heteroatoms. The SMILES string of the molecule is CCCCCCCCCOC(O)CCCCCCCN(CCN)CCCCCC(=O)OC(CCCCCCCC)CCCCCCCC. The Labute approximate surface area is 300 Å². The molecule has 0 aliphatic heterocycles. The van der Waals surface area contributed by atoms with E-state index in [0.717, 1.165) is 77.4 Å². The van der Waals surface area contributed by atoms with Crippen molar-refractivity contribution in [2.45, 2.75) is 232 Å². The summed E-state index contributed by atoms with van der Waals surface area (Å²) in [6.07, 6.45) is 36.2. The van der Waals surface area contributed by atoms with Crippen molar-refractivity contribution in [1.29, 1.82) is 0 Å². The number of hydrogen-bond acceptors (Lipinski definition) is 6. The average molecular weight is 683 g/mol. The van der Waals surface area contributed by atoms with E-state index in [2.05, 4.69) is 25.7 Å². The number of aliphatic hydroxyl groups is 1. The Kier molecular flexibility index (Phi) is 38.5. The molecular weight excluding hydrogens is 596 g/mol. The van der Waals surface area contributed by atoms with E-state index in [1.165, 1.54) is 135 Å². The fourth-order valence-electron chi connectivity index (χ4n) is 6.66. The lowest BCUT2D eigenvalue weighted by molar-refractivity contribution is -0.150. The Balaban J connectivity index is 4.01. The summed E-state index contributed by atoms with van der Waals surface area (Å²) in [6.45, 7) is 11.3. The highest BCUT2D eigenvalue weighted by Crippen LogP contribution is 2.18. The Bertz CT molecular complexity index is 619. The predicted octanol–water partition coefficient (Wildman–Crippen LogP) is 11.6. The topological polar surface area (TPSA) is 85.0 Å². The van der Waals surface area contributed by atoms with Crippen LogP contribution in [0.4, 0.5) is 0 Å². The van der Waals surface area contributed by atoms with Gasteiger partial charge in [0, 0.05) is 26.1 Å². The minimum atomic E-state index is -0.594. The van der Waals surface area contributed by atoms with E-state index in [0.29, 0.717) is 19.6 Å². The molecule has 0 bridgehead atoms. The molecule has 0 aliphatic carbocycles. The van der Waals surface area contributed by atoms with Gasteiger partial charge in [0.1, 0.15) is 6.10 Å². The first-order valence-corrected chi connectivity index (χ1v) is 21.5. The normalized spacial score (nSPS) is 12.4. The van der Waals surface area contributed by atoms with Gasteiger partial charge < -0.3 is 25.2 Å². The lowest BCUT2D eigenvalue weighted by Crippen LogP contribution is -2.31. The van der Waals surface area contributed by atoms with Crippen molar-refractivity contribution in [1.82, 2.24) is 4.90 Å². The van der Waals surface area contributed by atoms with Crippen LogP contribution in [0, 0.1) is 0 Å². The molecule has 3 N–H and O–H groups in total. The Morgan fingerprint density at radius 3 is 1.46 bits per heavy atom. The summed E-state index contributed by atoms with van der Waals surface area (Å²) in [4.78, 5) is 15.2. The molecule has 0 saturated heterocycles. The molecule has 0 radical (unpaired) electrons. The molecule has 0 aromatic carbocycles. The Morgan fingerprint density at radius 1 is 0.542 bits per heavy atom. The maximum Gasteiger partial charge on any atom is 0.306 e. The van der Waals surface area contributed by atoms with Crippen LogP contribution >= 0.6 is 0 Å². The van der Waals surface area contributed by atoms with Gasteiger partial charge in [-0.05, 0) is 77.3 Å². The molecule has 0 spiro atoms. The van der Waals surface area contributed by atoms with Crippen molar-refractivity contribution in [3.63, 3.8) is 0 Å². The molecule has 0 heterocycles. The number of nitrogens with zero attached hydrogens (tertiary/aromatic N) is 1. The largest absolute Gasteiger partial charge is 0.462 e. The van der Waals surface area contributed by atoms with E-state index in [1.807, 2.05) is 0 Å². The zero-order valence-electron chi connectivity index (χ0n) is 32.8. The fourth-order valence-corrected chi connectivity index (χ4v) is 6.66. The number of ether oxygens (including phenoxy) is 2. The summed E-state index contributed by atoms with van der Waals surface area (Å²) >= 11 is 0. The molecular formula is C42H86N2O4. The van der Waals surface area contributed by atoms with E-state index in [-0.39, 0.29) is 12.1 Å². The Hall–Kier alpha value is -0.690. The van der Waals surface area contributed by atoms with Crippen LogP contribution in [0.5, 0.6) is 0 Å². The molecule has 288 valence electrons. The number of hydrogen-bond donors (Lipinski definition) is 2. The molecule has 48 heavy (non-hydrogen) atoms. The number of nitrogens with two attached hydrogens (primary N) is 1. The van der Waals surface area contributed by atoms with Crippen molar-refractivity contribution < 1.29 is 19.4 Å². The summed E-state index contributed by atoms with van der Waals surface area (Å²) < 4.78 is 11.6. The van der Waals surface area contributed by atoms with Crippen LogP contribution in [0.2, 0.25) is 0 Å². The van der Waals surface area contributed by atoms with Gasteiger partial charge in [-0.3, -0.25) is 4.79 Å². The number of carbonyl (C=O) groups is 1. The molecule has 0 aliphatic rings. The van der Waals surface area contributed by atoms with Gasteiger partial charge in [-0.2, -0.15) is 0 Å². The molecule has 0 amide bonds. The number of unbranched alkanes of at least 4 members (excludes halogenated alkanes) is 22. The second kappa shape index (κ2) is 39.1. The molecule has 0 fully saturated rings. The summed E-state index contributed by atoms with van der Waals surface area (Å²) in [5, 5.41) is 10.1. The zero-order valence-corrected chi connectivity index (χ0v) is 32.8. The molecule has 0 rings (SSSR count). The smallest absolute Gasteiger partial charge is 0.306 e. The van der Waals surface area contributed by atoms with Gasteiger partial charge in [0.15, 0.2) is 6.29 Å². The fraction of sp³-hybridized carbons (Fsp3) is 0.976. The lowest BCUT2D eigenvalue weighted by Gasteiger charge is -2.21. The summed E-state index contributed by atoms with van der Waals surface area (Å²) in [5.41, 5.74) is 5.91. The van der Waals surface area contributed by atoms with E-state index in [9.17, 15) is 9.90 Å². The monoisotopic (exact) mass is 683 g/mol. The third kappa shape index (κ3) is 35.1. The molecule has 0 saturated carbocycles. The number of rotatable bonds is 40. The van der Waals surface area contributed by atoms with E-state index in [1.54, 1.807) is 0 Å². The first-order chi connectivity index (χ1) is 23.6. The van der Waals surface area contributed by atoms with Crippen LogP contribution in [0.3, 0.4) is 0 Å². The van der Waals surface area contributed by atoms with Crippen LogP contribution in [-0.2, 0) is 14.3 Å². The molecule has 1 unspecified atom stereocenters. The Morgan fingerprint density at radius 2 is 0.958 bits per heavy atom. The summed E-state index contributed by atoms with van der Waals surface area (Å²) in [7, 11) is 0. The van der Waals surface area contributed by atoms with Gasteiger partial charge in [-0.25, -0.2) is 0 Å². The van der Waals surface area contributed by atoms with Crippen molar-refractivity contribution in [2.24, 2.45) is 5.73 Å². The van der Waals surface area contributed by atoms with Gasteiger partial charge in [0.2, 0.25) is 0 Å². The molecule has 0 aromatic rings. The van der Waals surface area contributed by atoms with Gasteiger partial charge >= 0.3 is 5.97 Å². The van der Waals surface area contributed by atoms with E-state index >= 15 is 0 Å². The van der Waals surface area contributed by atoms with Crippen LogP contribution in [0.1, 0.15) is 220 Å². The van der Waals surface area contributed by atoms with Gasteiger partial charge in [0.05, 0.1) is 0 Å². The van der Waals surface area contributed by atoms with Crippen molar-refractivity contribution in [3.05, 3.63) is 0 Å². The highest BCUT2D eigenvalue weighted by atomic mass is 16.6. The maximum atomic E-state index is 12.7. The quantitative estimate of drug-likeness (QED) is 0.0380. The summed E-state index contributed by atoms with van der Waals surface area (Å²) in [5.74, 6) is 0.0167. The highest BCUT2D eigenvalue weighted by molar-refractivity contribution is 5.69. The second-order valence-corrected chi connectivity index (χ2v) is 14.7. The van der Waals surface area contributed by atoms with Gasteiger partial charge in [-0.1, -0.05) is 149 Å². The number of carbonyl (C=O) groups excluding carboxylic acids is 1. The standard InChI is InChI=1S/C42H86N2O4/c1-4-7-10-13-16-22-30-39-47-41(45)33-26-20-17-21-28-36-44(38-35-43)37-29-23-27-34-42(46)48-40(31-24-18-14-11-8-5-2)32-25-19-15-12-9-6-3/h40-41,45H,4-39,43H2,1-3H3. The van der Waals surface area contributed by atoms with Crippen molar-refractivity contribution in [3.8, 4) is 0 Å². The van der Waals surface area contributed by atoms with Crippen LogP contribution in [0.25, 0.3) is 0 Å². The molecule has 1 atom stereocenters. The third-order valence-corrected chi connectivity index (χ3v) is 9.84. The van der Waals surface area contributed by atoms with Gasteiger partial charge in [0.25, 0.3) is 0 Å². The van der Waals surface area contributed by atoms with Crippen LogP contribution in [0.15, 0.2) is 0 Å². The first-order valence-electron chi connectivity index (χ1n) is 21.5. The third-order valence-electron chi connectivity index (χ3n) is 9.84. The van der Waals surface area contributed by atoms with E-state index < -0.39 is 6.29 Å².